The van der Waals surface area contributed by atoms with Crippen LogP contribution in [0.15, 0.2) is 12.2 Å². The average molecular weight is 183 g/mol. The maximum Gasteiger partial charge on any atom is 0.260 e. The van der Waals surface area contributed by atoms with E-state index in [1.165, 1.54) is 0 Å². The highest BCUT2D eigenvalue weighted by molar-refractivity contribution is 6.22. The SMILES string of the molecule is C.CC(C)C(=O)N1C(=O)C=CC1=O. The number of imide groups is 3. The molecule has 0 aromatic carbocycles. The molecule has 0 bridgehead atoms. The van der Waals surface area contributed by atoms with Crippen molar-refractivity contribution in [3.05, 3.63) is 12.2 Å². The van der Waals surface area contributed by atoms with E-state index in [4.69, 9.17) is 0 Å². The minimum Gasteiger partial charge on any atom is -0.274 e. The van der Waals surface area contributed by atoms with Gasteiger partial charge in [0.25, 0.3) is 11.8 Å². The lowest BCUT2D eigenvalue weighted by Gasteiger charge is -2.13. The summed E-state index contributed by atoms with van der Waals surface area (Å²) in [5.74, 6) is -1.87. The standard InChI is InChI=1S/C8H9NO3.CH4/c1-5(2)8(12)9-6(10)3-4-7(9)11;/h3-5H,1-2H3;1H4. The molecule has 4 nitrogen and oxygen atoms in total. The van der Waals surface area contributed by atoms with Crippen LogP contribution in [0.4, 0.5) is 0 Å². The van der Waals surface area contributed by atoms with E-state index in [1.54, 1.807) is 13.8 Å². The second-order valence-electron chi connectivity index (χ2n) is 2.84. The van der Waals surface area contributed by atoms with Crippen LogP contribution in [0.25, 0.3) is 0 Å². The average Bonchev–Trinajstić information content (AvgIpc) is 2.30. The van der Waals surface area contributed by atoms with Crippen LogP contribution in [0.3, 0.4) is 0 Å². The molecular weight excluding hydrogens is 170 g/mol. The number of amides is 3. The minimum atomic E-state index is -0.543. The maximum atomic E-state index is 11.2. The number of rotatable bonds is 1. The molecule has 1 rings (SSSR count). The van der Waals surface area contributed by atoms with Crippen LogP contribution in [0.1, 0.15) is 21.3 Å². The molecule has 0 N–H and O–H groups in total. The normalized spacial score (nSPS) is 15.2. The van der Waals surface area contributed by atoms with Crippen molar-refractivity contribution in [2.75, 3.05) is 0 Å². The van der Waals surface area contributed by atoms with Gasteiger partial charge < -0.3 is 0 Å². The van der Waals surface area contributed by atoms with Crippen molar-refractivity contribution in [2.24, 2.45) is 5.92 Å². The molecule has 0 aromatic heterocycles. The Labute approximate surface area is 77.2 Å². The molecule has 0 fully saturated rings. The summed E-state index contributed by atoms with van der Waals surface area (Å²) in [7, 11) is 0. The van der Waals surface area contributed by atoms with Crippen molar-refractivity contribution in [2.45, 2.75) is 21.3 Å². The van der Waals surface area contributed by atoms with Crippen LogP contribution in [0.2, 0.25) is 0 Å². The van der Waals surface area contributed by atoms with Gasteiger partial charge in [-0.3, -0.25) is 14.4 Å². The minimum absolute atomic E-state index is 0. The Morgan fingerprint density at radius 1 is 1.23 bits per heavy atom. The summed E-state index contributed by atoms with van der Waals surface area (Å²) < 4.78 is 0. The van der Waals surface area contributed by atoms with Gasteiger partial charge in [0, 0.05) is 18.1 Å². The molecule has 0 spiro atoms. The molecule has 1 aliphatic heterocycles. The fourth-order valence-electron chi connectivity index (χ4n) is 0.876. The largest absolute Gasteiger partial charge is 0.274 e. The number of carbonyl (C=O) groups is 3. The highest BCUT2D eigenvalue weighted by atomic mass is 16.2. The summed E-state index contributed by atoms with van der Waals surface area (Å²) in [5, 5.41) is 0. The molecule has 1 heterocycles. The first kappa shape index (κ1) is 11.6. The van der Waals surface area contributed by atoms with Gasteiger partial charge in [0.05, 0.1) is 0 Å². The number of hydrogen-bond acceptors (Lipinski definition) is 3. The third-order valence-electron chi connectivity index (χ3n) is 1.52. The predicted octanol–water partition coefficient (Wildman–Crippen LogP) is 0.730. The monoisotopic (exact) mass is 183 g/mol. The van der Waals surface area contributed by atoms with Crippen LogP contribution in [0.5, 0.6) is 0 Å². The van der Waals surface area contributed by atoms with Gasteiger partial charge in [-0.05, 0) is 0 Å². The Morgan fingerprint density at radius 2 is 1.62 bits per heavy atom. The Bertz CT molecular complexity index is 261. The van der Waals surface area contributed by atoms with Gasteiger partial charge in [0.1, 0.15) is 0 Å². The van der Waals surface area contributed by atoms with E-state index >= 15 is 0 Å². The first-order chi connectivity index (χ1) is 5.54. The van der Waals surface area contributed by atoms with Crippen molar-refractivity contribution in [3.63, 3.8) is 0 Å². The second-order valence-corrected chi connectivity index (χ2v) is 2.84. The molecule has 0 radical (unpaired) electrons. The molecule has 0 aliphatic carbocycles. The molecule has 3 amide bonds. The van der Waals surface area contributed by atoms with Gasteiger partial charge in [0.2, 0.25) is 5.91 Å². The molecule has 1 aliphatic rings. The summed E-state index contributed by atoms with van der Waals surface area (Å²) in [5.41, 5.74) is 0. The third-order valence-corrected chi connectivity index (χ3v) is 1.52. The maximum absolute atomic E-state index is 11.2. The smallest absolute Gasteiger partial charge is 0.260 e. The summed E-state index contributed by atoms with van der Waals surface area (Å²) in [6.45, 7) is 3.28. The fourth-order valence-corrected chi connectivity index (χ4v) is 0.876. The van der Waals surface area contributed by atoms with Crippen LogP contribution < -0.4 is 0 Å². The first-order valence-electron chi connectivity index (χ1n) is 3.64. The molecule has 0 saturated heterocycles. The first-order valence-corrected chi connectivity index (χ1v) is 3.64. The molecular formula is C9H13NO3. The summed E-state index contributed by atoms with van der Waals surface area (Å²) >= 11 is 0. The lowest BCUT2D eigenvalue weighted by Crippen LogP contribution is -2.38. The van der Waals surface area contributed by atoms with E-state index < -0.39 is 17.7 Å². The lowest BCUT2D eigenvalue weighted by molar-refractivity contribution is -0.150. The molecule has 4 heteroatoms. The van der Waals surface area contributed by atoms with E-state index in [9.17, 15) is 14.4 Å². The van der Waals surface area contributed by atoms with E-state index in [1.807, 2.05) is 0 Å². The molecule has 13 heavy (non-hydrogen) atoms. The Hall–Kier alpha value is -1.45. The molecule has 0 aromatic rings. The Balaban J connectivity index is 0.00000144. The van der Waals surface area contributed by atoms with Crippen molar-refractivity contribution in [3.8, 4) is 0 Å². The zero-order valence-corrected chi connectivity index (χ0v) is 6.90. The summed E-state index contributed by atoms with van der Waals surface area (Å²) in [6.07, 6.45) is 2.20. The lowest BCUT2D eigenvalue weighted by atomic mass is 10.2. The molecule has 0 saturated carbocycles. The van der Waals surface area contributed by atoms with Gasteiger partial charge in [0.15, 0.2) is 0 Å². The predicted molar refractivity (Wildman–Crippen MR) is 47.6 cm³/mol. The van der Waals surface area contributed by atoms with Gasteiger partial charge in [-0.15, -0.1) is 0 Å². The molecule has 72 valence electrons. The third kappa shape index (κ3) is 2.02. The zero-order valence-electron chi connectivity index (χ0n) is 6.90. The fraction of sp³-hybridized carbons (Fsp3) is 0.444. The van der Waals surface area contributed by atoms with Crippen molar-refractivity contribution in [1.82, 2.24) is 4.90 Å². The molecule has 0 atom stereocenters. The van der Waals surface area contributed by atoms with Crippen LogP contribution in [-0.4, -0.2) is 22.6 Å². The Kier molecular flexibility index (Phi) is 3.54. The number of hydrogen-bond donors (Lipinski definition) is 0. The Morgan fingerprint density at radius 3 is 1.92 bits per heavy atom. The zero-order chi connectivity index (χ0) is 9.30. The summed E-state index contributed by atoms with van der Waals surface area (Å²) in [4.78, 5) is 33.7. The van der Waals surface area contributed by atoms with Gasteiger partial charge in [-0.2, -0.15) is 0 Å². The van der Waals surface area contributed by atoms with Crippen LogP contribution in [-0.2, 0) is 14.4 Å². The van der Waals surface area contributed by atoms with Gasteiger partial charge in [-0.25, -0.2) is 4.90 Å². The van der Waals surface area contributed by atoms with Crippen molar-refractivity contribution >= 4 is 17.7 Å². The van der Waals surface area contributed by atoms with Crippen LogP contribution >= 0.6 is 0 Å². The number of nitrogens with zero attached hydrogens (tertiary/aromatic N) is 1. The highest BCUT2D eigenvalue weighted by Crippen LogP contribution is 2.08. The van der Waals surface area contributed by atoms with E-state index in [2.05, 4.69) is 0 Å². The van der Waals surface area contributed by atoms with Crippen molar-refractivity contribution in [1.29, 1.82) is 0 Å². The van der Waals surface area contributed by atoms with Crippen molar-refractivity contribution < 1.29 is 14.4 Å². The summed E-state index contributed by atoms with van der Waals surface area (Å²) in [6, 6.07) is 0. The number of carbonyl (C=O) groups excluding carboxylic acids is 3. The van der Waals surface area contributed by atoms with Gasteiger partial charge in [-0.1, -0.05) is 21.3 Å². The highest BCUT2D eigenvalue weighted by Gasteiger charge is 2.31. The van der Waals surface area contributed by atoms with E-state index in [0.717, 1.165) is 12.2 Å². The second kappa shape index (κ2) is 3.98. The molecule has 0 unspecified atom stereocenters. The van der Waals surface area contributed by atoms with E-state index in [0.29, 0.717) is 4.90 Å². The topological polar surface area (TPSA) is 54.5 Å². The van der Waals surface area contributed by atoms with Gasteiger partial charge >= 0.3 is 0 Å². The van der Waals surface area contributed by atoms with Crippen LogP contribution in [0, 0.1) is 5.92 Å². The van der Waals surface area contributed by atoms with E-state index in [-0.39, 0.29) is 13.3 Å². The quantitative estimate of drug-likeness (QED) is 0.563.